The minimum absolute atomic E-state index is 0. The Morgan fingerprint density at radius 2 is 1.92 bits per heavy atom. The fraction of sp³-hybridized carbons (Fsp3) is 0.632. The van der Waals surface area contributed by atoms with Crippen molar-refractivity contribution < 1.29 is 9.84 Å². The molecule has 0 atom stereocenters. The molecule has 2 rings (SSSR count). The average molecular weight is 461 g/mol. The SMILES string of the molecule is CCNC(=NCC(C)(C)CO)N1CCC(Oc2ccccc2)CC1.I. The van der Waals surface area contributed by atoms with Crippen molar-refractivity contribution in [2.24, 2.45) is 10.4 Å². The molecule has 2 N–H and O–H groups in total. The first-order chi connectivity index (χ1) is 11.5. The predicted octanol–water partition coefficient (Wildman–Crippen LogP) is 3.13. The third-order valence-corrected chi connectivity index (χ3v) is 4.21. The Morgan fingerprint density at radius 3 is 2.48 bits per heavy atom. The summed E-state index contributed by atoms with van der Waals surface area (Å²) in [5, 5.41) is 12.8. The molecule has 1 aromatic carbocycles. The average Bonchev–Trinajstić information content (AvgIpc) is 2.60. The summed E-state index contributed by atoms with van der Waals surface area (Å²) < 4.78 is 6.05. The minimum Gasteiger partial charge on any atom is -0.490 e. The molecule has 0 aliphatic carbocycles. The van der Waals surface area contributed by atoms with E-state index in [1.54, 1.807) is 0 Å². The Kier molecular flexibility index (Phi) is 9.56. The lowest BCUT2D eigenvalue weighted by Gasteiger charge is -2.34. The molecular weight excluding hydrogens is 429 g/mol. The minimum atomic E-state index is -0.185. The predicted molar refractivity (Wildman–Crippen MR) is 114 cm³/mol. The number of benzene rings is 1. The lowest BCUT2D eigenvalue weighted by atomic mass is 9.95. The molecule has 1 aliphatic heterocycles. The van der Waals surface area contributed by atoms with Gasteiger partial charge in [0.1, 0.15) is 11.9 Å². The lowest BCUT2D eigenvalue weighted by molar-refractivity contribution is 0.129. The Morgan fingerprint density at radius 1 is 1.28 bits per heavy atom. The maximum absolute atomic E-state index is 9.40. The van der Waals surface area contributed by atoms with Gasteiger partial charge in [0.15, 0.2) is 5.96 Å². The molecule has 1 saturated heterocycles. The summed E-state index contributed by atoms with van der Waals surface area (Å²) in [6, 6.07) is 10.0. The number of guanidine groups is 1. The second kappa shape index (κ2) is 10.9. The van der Waals surface area contributed by atoms with Crippen molar-refractivity contribution in [2.75, 3.05) is 32.8 Å². The topological polar surface area (TPSA) is 57.1 Å². The number of hydrogen-bond acceptors (Lipinski definition) is 3. The van der Waals surface area contributed by atoms with Gasteiger partial charge in [0.25, 0.3) is 0 Å². The second-order valence-corrected chi connectivity index (χ2v) is 7.11. The zero-order valence-electron chi connectivity index (χ0n) is 15.6. The van der Waals surface area contributed by atoms with Crippen LogP contribution in [-0.2, 0) is 0 Å². The van der Waals surface area contributed by atoms with E-state index in [1.807, 2.05) is 44.2 Å². The zero-order chi connectivity index (χ0) is 17.4. The number of para-hydroxylation sites is 1. The number of piperidine rings is 1. The number of nitrogens with one attached hydrogen (secondary N) is 1. The van der Waals surface area contributed by atoms with Crippen LogP contribution < -0.4 is 10.1 Å². The maximum atomic E-state index is 9.40. The van der Waals surface area contributed by atoms with Crippen molar-refractivity contribution in [3.8, 4) is 5.75 Å². The number of rotatable bonds is 6. The van der Waals surface area contributed by atoms with Crippen LogP contribution in [0.25, 0.3) is 0 Å². The highest BCUT2D eigenvalue weighted by Crippen LogP contribution is 2.19. The highest BCUT2D eigenvalue weighted by atomic mass is 127. The molecule has 1 aliphatic rings. The van der Waals surface area contributed by atoms with Gasteiger partial charge in [0.05, 0.1) is 6.54 Å². The summed E-state index contributed by atoms with van der Waals surface area (Å²) in [7, 11) is 0. The van der Waals surface area contributed by atoms with Gasteiger partial charge in [-0.2, -0.15) is 0 Å². The van der Waals surface area contributed by atoms with E-state index < -0.39 is 0 Å². The van der Waals surface area contributed by atoms with Crippen molar-refractivity contribution in [3.63, 3.8) is 0 Å². The normalized spacial score (nSPS) is 16.3. The maximum Gasteiger partial charge on any atom is 0.193 e. The number of halogens is 1. The second-order valence-electron chi connectivity index (χ2n) is 7.11. The van der Waals surface area contributed by atoms with Crippen molar-refractivity contribution in [3.05, 3.63) is 30.3 Å². The van der Waals surface area contributed by atoms with Crippen LogP contribution in [0.4, 0.5) is 0 Å². The Bertz CT molecular complexity index is 515. The van der Waals surface area contributed by atoms with Gasteiger partial charge in [-0.1, -0.05) is 32.0 Å². The number of nitrogens with zero attached hydrogens (tertiary/aromatic N) is 2. The molecule has 142 valence electrons. The molecule has 0 bridgehead atoms. The first-order valence-corrected chi connectivity index (χ1v) is 8.90. The van der Waals surface area contributed by atoms with Crippen LogP contribution in [0.15, 0.2) is 35.3 Å². The number of hydrogen-bond donors (Lipinski definition) is 2. The molecule has 0 amide bonds. The first-order valence-electron chi connectivity index (χ1n) is 8.90. The van der Waals surface area contributed by atoms with E-state index in [-0.39, 0.29) is 42.1 Å². The van der Waals surface area contributed by atoms with Crippen LogP contribution in [0.2, 0.25) is 0 Å². The van der Waals surface area contributed by atoms with Gasteiger partial charge in [-0.25, -0.2) is 0 Å². The molecule has 0 radical (unpaired) electrons. The smallest absolute Gasteiger partial charge is 0.193 e. The van der Waals surface area contributed by atoms with Gasteiger partial charge >= 0.3 is 0 Å². The van der Waals surface area contributed by atoms with Crippen LogP contribution in [0.5, 0.6) is 5.75 Å². The quantitative estimate of drug-likeness (QED) is 0.389. The van der Waals surface area contributed by atoms with Gasteiger partial charge < -0.3 is 20.1 Å². The van der Waals surface area contributed by atoms with E-state index in [0.29, 0.717) is 6.54 Å². The number of ether oxygens (including phenoxy) is 1. The van der Waals surface area contributed by atoms with Crippen LogP contribution >= 0.6 is 24.0 Å². The number of aliphatic hydroxyl groups excluding tert-OH is 1. The van der Waals surface area contributed by atoms with Gasteiger partial charge in [-0.3, -0.25) is 4.99 Å². The first kappa shape index (κ1) is 22.0. The van der Waals surface area contributed by atoms with Crippen LogP contribution in [0.1, 0.15) is 33.6 Å². The Labute approximate surface area is 168 Å². The molecule has 0 spiro atoms. The lowest BCUT2D eigenvalue weighted by Crippen LogP contribution is -2.47. The van der Waals surface area contributed by atoms with Crippen LogP contribution in [0.3, 0.4) is 0 Å². The monoisotopic (exact) mass is 461 g/mol. The Hall–Kier alpha value is -1.02. The van der Waals surface area contributed by atoms with Crippen molar-refractivity contribution in [2.45, 2.75) is 39.7 Å². The number of aliphatic hydroxyl groups is 1. The fourth-order valence-electron chi connectivity index (χ4n) is 2.64. The molecule has 5 nitrogen and oxygen atoms in total. The van der Waals surface area contributed by atoms with Crippen LogP contribution in [0, 0.1) is 5.41 Å². The summed E-state index contributed by atoms with van der Waals surface area (Å²) in [6.07, 6.45) is 2.24. The molecule has 1 aromatic rings. The summed E-state index contributed by atoms with van der Waals surface area (Å²) in [4.78, 5) is 7.01. The van der Waals surface area contributed by atoms with Crippen molar-refractivity contribution in [1.82, 2.24) is 10.2 Å². The molecule has 0 saturated carbocycles. The Balaban J connectivity index is 0.00000312. The molecule has 6 heteroatoms. The molecule has 1 fully saturated rings. The zero-order valence-corrected chi connectivity index (χ0v) is 17.9. The van der Waals surface area contributed by atoms with Gasteiger partial charge in [0.2, 0.25) is 0 Å². The number of aliphatic imine (C=N–C) groups is 1. The number of likely N-dealkylation sites (tertiary alicyclic amines) is 1. The van der Waals surface area contributed by atoms with E-state index in [4.69, 9.17) is 9.73 Å². The van der Waals surface area contributed by atoms with Crippen molar-refractivity contribution >= 4 is 29.9 Å². The third-order valence-electron chi connectivity index (χ3n) is 4.21. The van der Waals surface area contributed by atoms with E-state index >= 15 is 0 Å². The summed E-state index contributed by atoms with van der Waals surface area (Å²) in [5.74, 6) is 1.89. The van der Waals surface area contributed by atoms with E-state index in [2.05, 4.69) is 17.1 Å². The van der Waals surface area contributed by atoms with Crippen LogP contribution in [-0.4, -0.2) is 54.9 Å². The van der Waals surface area contributed by atoms with Crippen molar-refractivity contribution in [1.29, 1.82) is 0 Å². The highest BCUT2D eigenvalue weighted by molar-refractivity contribution is 14.0. The molecule has 1 heterocycles. The van der Waals surface area contributed by atoms with Gasteiger partial charge in [-0.15, -0.1) is 24.0 Å². The standard InChI is InChI=1S/C19H31N3O2.HI/c1-4-20-18(21-14-19(2,3)15-23)22-12-10-17(11-13-22)24-16-8-6-5-7-9-16;/h5-9,17,23H,4,10-15H2,1-3H3,(H,20,21);1H. The third kappa shape index (κ3) is 7.40. The van der Waals surface area contributed by atoms with E-state index in [1.165, 1.54) is 0 Å². The summed E-state index contributed by atoms with van der Waals surface area (Å²) >= 11 is 0. The fourth-order valence-corrected chi connectivity index (χ4v) is 2.64. The molecule has 0 aromatic heterocycles. The van der Waals surface area contributed by atoms with Gasteiger partial charge in [-0.05, 0) is 19.1 Å². The summed E-state index contributed by atoms with van der Waals surface area (Å²) in [5.41, 5.74) is -0.185. The highest BCUT2D eigenvalue weighted by Gasteiger charge is 2.23. The van der Waals surface area contributed by atoms with E-state index in [9.17, 15) is 5.11 Å². The largest absolute Gasteiger partial charge is 0.490 e. The van der Waals surface area contributed by atoms with E-state index in [0.717, 1.165) is 44.2 Å². The summed E-state index contributed by atoms with van der Waals surface area (Å²) in [6.45, 7) is 9.61. The molecule has 25 heavy (non-hydrogen) atoms. The van der Waals surface area contributed by atoms with Gasteiger partial charge in [0, 0.05) is 44.5 Å². The molecule has 0 unspecified atom stereocenters. The molecular formula is C19H32IN3O2.